The molecule has 0 amide bonds. The van der Waals surface area contributed by atoms with Crippen molar-refractivity contribution >= 4 is 5.97 Å². The zero-order valence-corrected chi connectivity index (χ0v) is 10.1. The van der Waals surface area contributed by atoms with Crippen LogP contribution in [0.1, 0.15) is 58.8 Å². The maximum atomic E-state index is 11.1. The van der Waals surface area contributed by atoms with E-state index in [-0.39, 0.29) is 5.97 Å². The molecule has 0 saturated heterocycles. The predicted octanol–water partition coefficient (Wildman–Crippen LogP) is 3.86. The maximum absolute atomic E-state index is 11.1. The quantitative estimate of drug-likeness (QED) is 0.329. The first-order valence-corrected chi connectivity index (χ1v) is 6.14. The summed E-state index contributed by atoms with van der Waals surface area (Å²) in [5.74, 6) is -0.192. The number of carbonyl (C=O) groups is 1. The molecule has 0 aromatic carbocycles. The highest BCUT2D eigenvalue weighted by Gasteiger charge is 1.95. The second kappa shape index (κ2) is 11.3. The van der Waals surface area contributed by atoms with Gasteiger partial charge in [-0.15, -0.1) is 0 Å². The van der Waals surface area contributed by atoms with Gasteiger partial charge in [0.15, 0.2) is 0 Å². The van der Waals surface area contributed by atoms with Crippen molar-refractivity contribution in [3.63, 3.8) is 0 Å². The van der Waals surface area contributed by atoms with Crippen molar-refractivity contribution in [2.75, 3.05) is 6.61 Å². The number of carbonyl (C=O) groups excluding carboxylic acids is 1. The molecule has 15 heavy (non-hydrogen) atoms. The molecule has 0 aromatic heterocycles. The highest BCUT2D eigenvalue weighted by Crippen LogP contribution is 2.00. The van der Waals surface area contributed by atoms with Crippen LogP contribution >= 0.6 is 0 Å². The average molecular weight is 212 g/mol. The lowest BCUT2D eigenvalue weighted by molar-refractivity contribution is -0.137. The Bertz CT molecular complexity index is 173. The molecule has 0 rings (SSSR count). The first-order chi connectivity index (χ1) is 7.31. The molecule has 0 atom stereocenters. The summed E-state index contributed by atoms with van der Waals surface area (Å²) in [7, 11) is 0. The minimum atomic E-state index is -0.192. The van der Waals surface area contributed by atoms with Crippen LogP contribution in [0.15, 0.2) is 12.2 Å². The largest absolute Gasteiger partial charge is 0.463 e. The predicted molar refractivity (Wildman–Crippen MR) is 63.8 cm³/mol. The van der Waals surface area contributed by atoms with Crippen molar-refractivity contribution in [1.29, 1.82) is 0 Å². The molecule has 88 valence electrons. The number of esters is 1. The number of hydrogen-bond donors (Lipinski definition) is 0. The van der Waals surface area contributed by atoms with Gasteiger partial charge in [0, 0.05) is 6.08 Å². The molecule has 0 fully saturated rings. The van der Waals surface area contributed by atoms with Gasteiger partial charge >= 0.3 is 5.97 Å². The van der Waals surface area contributed by atoms with E-state index in [1.165, 1.54) is 12.8 Å². The lowest BCUT2D eigenvalue weighted by atomic mass is 10.2. The summed E-state index contributed by atoms with van der Waals surface area (Å²) in [6.45, 7) is 4.87. The van der Waals surface area contributed by atoms with E-state index < -0.39 is 0 Å². The zero-order chi connectivity index (χ0) is 11.4. The highest BCUT2D eigenvalue weighted by molar-refractivity contribution is 5.81. The standard InChI is InChI=1S/C13H24O2/c1-3-5-7-8-9-11-13(14)15-12-10-6-4-2/h9,11H,3-8,10,12H2,1-2H3. The molecule has 0 heterocycles. The average Bonchev–Trinajstić information content (AvgIpc) is 2.24. The van der Waals surface area contributed by atoms with E-state index in [1.54, 1.807) is 6.08 Å². The summed E-state index contributed by atoms with van der Waals surface area (Å²) in [6.07, 6.45) is 11.3. The van der Waals surface area contributed by atoms with Crippen LogP contribution in [-0.2, 0) is 9.53 Å². The first kappa shape index (κ1) is 14.2. The van der Waals surface area contributed by atoms with Crippen molar-refractivity contribution < 1.29 is 9.53 Å². The molecule has 0 bridgehead atoms. The van der Waals surface area contributed by atoms with Crippen LogP contribution in [0.4, 0.5) is 0 Å². The Labute approximate surface area is 93.7 Å². The number of ether oxygens (including phenoxy) is 1. The SMILES string of the molecule is CCCCCC=CC(=O)OCCCCC. The normalized spacial score (nSPS) is 10.8. The van der Waals surface area contributed by atoms with Crippen molar-refractivity contribution in [2.45, 2.75) is 58.8 Å². The van der Waals surface area contributed by atoms with Crippen molar-refractivity contribution in [3.8, 4) is 0 Å². The van der Waals surface area contributed by atoms with E-state index in [0.717, 1.165) is 32.1 Å². The summed E-state index contributed by atoms with van der Waals surface area (Å²) < 4.78 is 5.02. The Morgan fingerprint density at radius 2 is 1.73 bits per heavy atom. The fraction of sp³-hybridized carbons (Fsp3) is 0.769. The van der Waals surface area contributed by atoms with Crippen LogP contribution < -0.4 is 0 Å². The number of rotatable bonds is 9. The van der Waals surface area contributed by atoms with E-state index in [0.29, 0.717) is 6.61 Å². The van der Waals surface area contributed by atoms with Gasteiger partial charge in [-0.25, -0.2) is 4.79 Å². The van der Waals surface area contributed by atoms with Crippen molar-refractivity contribution in [2.24, 2.45) is 0 Å². The molecular formula is C13H24O2. The molecule has 0 unspecified atom stereocenters. The summed E-state index contributed by atoms with van der Waals surface area (Å²) in [6, 6.07) is 0. The highest BCUT2D eigenvalue weighted by atomic mass is 16.5. The molecule has 0 spiro atoms. The van der Waals surface area contributed by atoms with Gasteiger partial charge in [-0.1, -0.05) is 45.6 Å². The molecule has 0 saturated carbocycles. The van der Waals surface area contributed by atoms with E-state index in [2.05, 4.69) is 13.8 Å². The molecule has 0 radical (unpaired) electrons. The molecule has 0 aliphatic carbocycles. The van der Waals surface area contributed by atoms with Gasteiger partial charge < -0.3 is 4.74 Å². The zero-order valence-electron chi connectivity index (χ0n) is 10.1. The Morgan fingerprint density at radius 3 is 2.40 bits per heavy atom. The van der Waals surface area contributed by atoms with Crippen LogP contribution in [0, 0.1) is 0 Å². The van der Waals surface area contributed by atoms with Gasteiger partial charge in [0.1, 0.15) is 0 Å². The molecule has 0 aliphatic rings. The minimum absolute atomic E-state index is 0.192. The molecular weight excluding hydrogens is 188 g/mol. The molecule has 2 heteroatoms. The van der Waals surface area contributed by atoms with Crippen molar-refractivity contribution in [1.82, 2.24) is 0 Å². The lowest BCUT2D eigenvalue weighted by Crippen LogP contribution is -2.01. The van der Waals surface area contributed by atoms with E-state index in [4.69, 9.17) is 4.74 Å². The van der Waals surface area contributed by atoms with Crippen LogP contribution in [0.25, 0.3) is 0 Å². The van der Waals surface area contributed by atoms with Gasteiger partial charge in [-0.05, 0) is 19.3 Å². The Balaban J connectivity index is 3.31. The Morgan fingerprint density at radius 1 is 1.07 bits per heavy atom. The fourth-order valence-corrected chi connectivity index (χ4v) is 1.26. The van der Waals surface area contributed by atoms with E-state index in [1.807, 2.05) is 6.08 Å². The van der Waals surface area contributed by atoms with Gasteiger partial charge in [0.2, 0.25) is 0 Å². The topological polar surface area (TPSA) is 26.3 Å². The maximum Gasteiger partial charge on any atom is 0.330 e. The molecule has 0 aliphatic heterocycles. The fourth-order valence-electron chi connectivity index (χ4n) is 1.26. The summed E-state index contributed by atoms with van der Waals surface area (Å²) in [4.78, 5) is 11.1. The van der Waals surface area contributed by atoms with Crippen LogP contribution in [0.2, 0.25) is 0 Å². The van der Waals surface area contributed by atoms with Crippen LogP contribution in [-0.4, -0.2) is 12.6 Å². The number of unbranched alkanes of at least 4 members (excludes halogenated alkanes) is 5. The second-order valence-corrected chi connectivity index (χ2v) is 3.77. The summed E-state index contributed by atoms with van der Waals surface area (Å²) >= 11 is 0. The van der Waals surface area contributed by atoms with Crippen LogP contribution in [0.5, 0.6) is 0 Å². The number of allylic oxidation sites excluding steroid dienone is 1. The first-order valence-electron chi connectivity index (χ1n) is 6.14. The third-order valence-electron chi connectivity index (χ3n) is 2.22. The summed E-state index contributed by atoms with van der Waals surface area (Å²) in [5, 5.41) is 0. The molecule has 0 aromatic rings. The Kier molecular flexibility index (Phi) is 10.7. The van der Waals surface area contributed by atoms with E-state index >= 15 is 0 Å². The smallest absolute Gasteiger partial charge is 0.330 e. The van der Waals surface area contributed by atoms with Gasteiger partial charge in [0.05, 0.1) is 6.61 Å². The minimum Gasteiger partial charge on any atom is -0.463 e. The van der Waals surface area contributed by atoms with Gasteiger partial charge in [-0.2, -0.15) is 0 Å². The lowest BCUT2D eigenvalue weighted by Gasteiger charge is -2.00. The van der Waals surface area contributed by atoms with Crippen LogP contribution in [0.3, 0.4) is 0 Å². The van der Waals surface area contributed by atoms with E-state index in [9.17, 15) is 4.79 Å². The van der Waals surface area contributed by atoms with Gasteiger partial charge in [-0.3, -0.25) is 0 Å². The second-order valence-electron chi connectivity index (χ2n) is 3.77. The van der Waals surface area contributed by atoms with Crippen molar-refractivity contribution in [3.05, 3.63) is 12.2 Å². The third kappa shape index (κ3) is 11.1. The Hall–Kier alpha value is -0.790. The third-order valence-corrected chi connectivity index (χ3v) is 2.22. The molecule has 0 N–H and O–H groups in total. The molecule has 2 nitrogen and oxygen atoms in total. The monoisotopic (exact) mass is 212 g/mol. The van der Waals surface area contributed by atoms with Gasteiger partial charge in [0.25, 0.3) is 0 Å². The summed E-state index contributed by atoms with van der Waals surface area (Å²) in [5.41, 5.74) is 0. The number of hydrogen-bond acceptors (Lipinski definition) is 2.